The number of fused-ring (bicyclic) bond motifs is 1. The first-order chi connectivity index (χ1) is 19.5. The van der Waals surface area contributed by atoms with E-state index in [0.717, 1.165) is 70.6 Å². The average Bonchev–Trinajstić information content (AvgIpc) is 3.79. The summed E-state index contributed by atoms with van der Waals surface area (Å²) in [6.07, 6.45) is 10.0. The Morgan fingerprint density at radius 3 is 2.20 bits per heavy atom. The molecule has 10 nitrogen and oxygen atoms in total. The number of nitrogens with zero attached hydrogens (tertiary/aromatic N) is 1. The Morgan fingerprint density at radius 1 is 0.927 bits per heavy atom. The number of nitrogens with two attached hydrogens (primary N) is 1. The molecular weight excluding hydrogens is 524 g/mol. The van der Waals surface area contributed by atoms with Crippen LogP contribution >= 0.6 is 0 Å². The van der Waals surface area contributed by atoms with E-state index in [1.807, 2.05) is 0 Å². The number of rotatable bonds is 10. The van der Waals surface area contributed by atoms with Gasteiger partial charge in [0, 0.05) is 6.54 Å². The van der Waals surface area contributed by atoms with Gasteiger partial charge in [0.2, 0.25) is 17.6 Å². The van der Waals surface area contributed by atoms with Gasteiger partial charge in [0.25, 0.3) is 5.91 Å². The highest BCUT2D eigenvalue weighted by molar-refractivity contribution is 6.37. The Morgan fingerprint density at radius 2 is 1.59 bits per heavy atom. The van der Waals surface area contributed by atoms with Gasteiger partial charge < -0.3 is 26.0 Å². The number of alkyl carbamates (subject to hydrolysis) is 1. The van der Waals surface area contributed by atoms with Crippen LogP contribution < -0.4 is 16.4 Å². The maximum atomic E-state index is 14.3. The number of piperidine rings is 1. The third-order valence-electron chi connectivity index (χ3n) is 10.8. The standard InChI is InChI=1S/C31H48N4O6/c1-17-9-13-20(14-10-17)41-30(40)34-24(19-7-5-4-6-8-19)29(39)35-16-21-23(31(21,2)3)25(35)28(38)33-22(15-18-11-12-18)26(36)27(32)37/h17-25H,4-16H2,1-3H3,(H2,32,37)(H,33,38)(H,34,40). The fourth-order valence-electron chi connectivity index (χ4n) is 7.85. The summed E-state index contributed by atoms with van der Waals surface area (Å²) >= 11 is 0. The number of primary amides is 1. The predicted octanol–water partition coefficient (Wildman–Crippen LogP) is 3.06. The van der Waals surface area contributed by atoms with Crippen LogP contribution in [0.15, 0.2) is 0 Å². The van der Waals surface area contributed by atoms with Gasteiger partial charge in [-0.25, -0.2) is 4.79 Å². The summed E-state index contributed by atoms with van der Waals surface area (Å²) in [4.78, 5) is 67.1. The lowest BCUT2D eigenvalue weighted by molar-refractivity contribution is -0.144. The first-order valence-corrected chi connectivity index (χ1v) is 15.9. The lowest BCUT2D eigenvalue weighted by Crippen LogP contribution is -2.59. The monoisotopic (exact) mass is 572 g/mol. The van der Waals surface area contributed by atoms with E-state index in [-0.39, 0.29) is 41.1 Å². The van der Waals surface area contributed by atoms with Crippen molar-refractivity contribution in [2.45, 2.75) is 122 Å². The summed E-state index contributed by atoms with van der Waals surface area (Å²) in [5.74, 6) is -1.55. The molecule has 1 aliphatic heterocycles. The van der Waals surface area contributed by atoms with Crippen LogP contribution in [0.1, 0.15) is 97.8 Å². The summed E-state index contributed by atoms with van der Waals surface area (Å²) in [6, 6.07) is -2.52. The molecule has 0 aromatic carbocycles. The third kappa shape index (κ3) is 6.56. The van der Waals surface area contributed by atoms with E-state index in [4.69, 9.17) is 10.5 Å². The topological polar surface area (TPSA) is 148 Å². The average molecular weight is 573 g/mol. The zero-order valence-electron chi connectivity index (χ0n) is 24.9. The van der Waals surface area contributed by atoms with E-state index < -0.39 is 41.8 Å². The molecule has 0 spiro atoms. The second-order valence-corrected chi connectivity index (χ2v) is 14.2. The van der Waals surface area contributed by atoms with Crippen molar-refractivity contribution in [3.05, 3.63) is 0 Å². The van der Waals surface area contributed by atoms with Gasteiger partial charge in [-0.15, -0.1) is 0 Å². The number of ketones is 1. The van der Waals surface area contributed by atoms with Crippen molar-refractivity contribution in [3.8, 4) is 0 Å². The largest absolute Gasteiger partial charge is 0.446 e. The Hall–Kier alpha value is -2.65. The van der Waals surface area contributed by atoms with Crippen molar-refractivity contribution >= 4 is 29.6 Å². The van der Waals surface area contributed by atoms with E-state index in [9.17, 15) is 24.0 Å². The van der Waals surface area contributed by atoms with Crippen molar-refractivity contribution in [2.75, 3.05) is 6.54 Å². The molecule has 4 aliphatic carbocycles. The molecule has 4 saturated carbocycles. The molecular formula is C31H48N4O6. The SMILES string of the molecule is CC1CCC(OC(=O)NC(C(=O)N2CC3C(C2C(=O)NC(CC2CC2)C(=O)C(N)=O)C3(C)C)C2CCCCC2)CC1. The second-order valence-electron chi connectivity index (χ2n) is 14.2. The molecule has 4 N–H and O–H groups in total. The lowest BCUT2D eigenvalue weighted by atomic mass is 9.83. The number of hydrogen-bond donors (Lipinski definition) is 3. The molecule has 5 rings (SSSR count). The normalized spacial score (nSPS) is 32.3. The molecule has 228 valence electrons. The molecule has 10 heteroatoms. The van der Waals surface area contributed by atoms with E-state index in [2.05, 4.69) is 31.4 Å². The van der Waals surface area contributed by atoms with Crippen molar-refractivity contribution in [2.24, 2.45) is 40.7 Å². The van der Waals surface area contributed by atoms with E-state index in [1.165, 1.54) is 0 Å². The molecule has 5 aliphatic rings. The van der Waals surface area contributed by atoms with Crippen LogP contribution in [0.3, 0.4) is 0 Å². The van der Waals surface area contributed by atoms with Crippen LogP contribution in [0, 0.1) is 35.0 Å². The highest BCUT2D eigenvalue weighted by Gasteiger charge is 2.69. The van der Waals surface area contributed by atoms with Gasteiger partial charge in [0.15, 0.2) is 0 Å². The smallest absolute Gasteiger partial charge is 0.408 e. The minimum Gasteiger partial charge on any atom is -0.446 e. The maximum Gasteiger partial charge on any atom is 0.408 e. The molecule has 0 radical (unpaired) electrons. The minimum absolute atomic E-state index is 0.0251. The van der Waals surface area contributed by atoms with Crippen molar-refractivity contribution in [1.82, 2.24) is 15.5 Å². The second kappa shape index (κ2) is 11.9. The number of carbonyl (C=O) groups is 5. The third-order valence-corrected chi connectivity index (χ3v) is 10.8. The molecule has 1 saturated heterocycles. The number of carbonyl (C=O) groups excluding carboxylic acids is 5. The quantitative estimate of drug-likeness (QED) is 0.343. The van der Waals surface area contributed by atoms with Gasteiger partial charge in [-0.2, -0.15) is 0 Å². The first kappa shape index (κ1) is 29.8. The van der Waals surface area contributed by atoms with Crippen LogP contribution in [-0.2, 0) is 23.9 Å². The predicted molar refractivity (Wildman–Crippen MR) is 151 cm³/mol. The molecule has 5 fully saturated rings. The Bertz CT molecular complexity index is 1040. The van der Waals surface area contributed by atoms with Gasteiger partial charge in [-0.1, -0.05) is 52.9 Å². The fraction of sp³-hybridized carbons (Fsp3) is 0.839. The number of ether oxygens (including phenoxy) is 1. The summed E-state index contributed by atoms with van der Waals surface area (Å²) in [6.45, 7) is 6.83. The summed E-state index contributed by atoms with van der Waals surface area (Å²) in [5.41, 5.74) is 5.18. The Balaban J connectivity index is 1.32. The highest BCUT2D eigenvalue weighted by Crippen LogP contribution is 2.65. The van der Waals surface area contributed by atoms with Crippen LogP contribution in [0.5, 0.6) is 0 Å². The van der Waals surface area contributed by atoms with Crippen LogP contribution in [0.25, 0.3) is 0 Å². The molecule has 0 aromatic rings. The van der Waals surface area contributed by atoms with Gasteiger partial charge in [-0.05, 0) is 80.0 Å². The van der Waals surface area contributed by atoms with E-state index >= 15 is 0 Å². The molecule has 5 unspecified atom stereocenters. The minimum atomic E-state index is -1.06. The summed E-state index contributed by atoms with van der Waals surface area (Å²) in [7, 11) is 0. The molecule has 5 atom stereocenters. The van der Waals surface area contributed by atoms with Gasteiger partial charge in [-0.3, -0.25) is 19.2 Å². The zero-order valence-corrected chi connectivity index (χ0v) is 24.9. The summed E-state index contributed by atoms with van der Waals surface area (Å²) in [5, 5.41) is 5.75. The zero-order chi connectivity index (χ0) is 29.5. The van der Waals surface area contributed by atoms with E-state index in [1.54, 1.807) is 4.90 Å². The van der Waals surface area contributed by atoms with Crippen LogP contribution in [0.4, 0.5) is 4.79 Å². The number of amides is 4. The Labute approximate surface area is 243 Å². The number of nitrogens with one attached hydrogen (secondary N) is 2. The van der Waals surface area contributed by atoms with Crippen molar-refractivity contribution in [1.29, 1.82) is 0 Å². The number of Topliss-reactive ketones (excluding diaryl/α,β-unsaturated/α-hetero) is 1. The molecule has 0 bridgehead atoms. The molecule has 0 aromatic heterocycles. The van der Waals surface area contributed by atoms with Crippen molar-refractivity contribution in [3.63, 3.8) is 0 Å². The number of hydrogen-bond acceptors (Lipinski definition) is 6. The Kier molecular flexibility index (Phi) is 8.67. The lowest BCUT2D eigenvalue weighted by Gasteiger charge is -2.37. The molecule has 1 heterocycles. The van der Waals surface area contributed by atoms with Crippen LogP contribution in [-0.4, -0.2) is 65.3 Å². The highest BCUT2D eigenvalue weighted by atomic mass is 16.6. The van der Waals surface area contributed by atoms with Gasteiger partial charge in [0.1, 0.15) is 18.2 Å². The van der Waals surface area contributed by atoms with Crippen LogP contribution in [0.2, 0.25) is 0 Å². The molecule has 41 heavy (non-hydrogen) atoms. The first-order valence-electron chi connectivity index (χ1n) is 15.9. The van der Waals surface area contributed by atoms with E-state index in [0.29, 0.717) is 18.9 Å². The van der Waals surface area contributed by atoms with Gasteiger partial charge >= 0.3 is 6.09 Å². The maximum absolute atomic E-state index is 14.3. The fourth-order valence-corrected chi connectivity index (χ4v) is 7.85. The number of likely N-dealkylation sites (tertiary alicyclic amines) is 1. The summed E-state index contributed by atoms with van der Waals surface area (Å²) < 4.78 is 5.77. The van der Waals surface area contributed by atoms with Gasteiger partial charge in [0.05, 0.1) is 6.04 Å². The van der Waals surface area contributed by atoms with Crippen molar-refractivity contribution < 1.29 is 28.7 Å². The molecule has 4 amide bonds.